The summed E-state index contributed by atoms with van der Waals surface area (Å²) in [5.74, 6) is 0.496. The molecular weight excluding hydrogens is 140 g/mol. The maximum absolute atomic E-state index is 11.2. The number of ketones is 1. The number of hydrogen-bond acceptors (Lipinski definition) is 2. The molecule has 0 spiro atoms. The van der Waals surface area contributed by atoms with E-state index in [1.165, 1.54) is 0 Å². The monoisotopic (exact) mass is 156 g/mol. The Morgan fingerprint density at radius 1 is 1.64 bits per heavy atom. The third-order valence-corrected chi connectivity index (χ3v) is 2.10. The highest BCUT2D eigenvalue weighted by atomic mass is 16.5. The van der Waals surface area contributed by atoms with Crippen LogP contribution >= 0.6 is 0 Å². The van der Waals surface area contributed by atoms with E-state index >= 15 is 0 Å². The first-order valence-electron chi connectivity index (χ1n) is 4.34. The SMILES string of the molecule is CC(C)C(=O)CC1CCCO1. The van der Waals surface area contributed by atoms with Gasteiger partial charge in [0.2, 0.25) is 0 Å². The van der Waals surface area contributed by atoms with Crippen LogP contribution in [-0.2, 0) is 9.53 Å². The molecule has 0 radical (unpaired) electrons. The van der Waals surface area contributed by atoms with Gasteiger partial charge in [-0.05, 0) is 12.8 Å². The highest BCUT2D eigenvalue weighted by molar-refractivity contribution is 5.80. The Hall–Kier alpha value is -0.370. The summed E-state index contributed by atoms with van der Waals surface area (Å²) in [5.41, 5.74) is 0. The van der Waals surface area contributed by atoms with Crippen molar-refractivity contribution >= 4 is 5.78 Å². The van der Waals surface area contributed by atoms with Gasteiger partial charge in [-0.1, -0.05) is 13.8 Å². The fourth-order valence-electron chi connectivity index (χ4n) is 1.27. The van der Waals surface area contributed by atoms with E-state index in [4.69, 9.17) is 4.74 Å². The van der Waals surface area contributed by atoms with E-state index in [0.29, 0.717) is 12.2 Å². The molecule has 64 valence electrons. The smallest absolute Gasteiger partial charge is 0.138 e. The second kappa shape index (κ2) is 3.86. The van der Waals surface area contributed by atoms with Crippen LogP contribution < -0.4 is 0 Å². The summed E-state index contributed by atoms with van der Waals surface area (Å²) in [5, 5.41) is 0. The fraction of sp³-hybridized carbons (Fsp3) is 0.889. The zero-order valence-electron chi connectivity index (χ0n) is 7.30. The van der Waals surface area contributed by atoms with E-state index in [1.807, 2.05) is 13.8 Å². The van der Waals surface area contributed by atoms with E-state index in [-0.39, 0.29) is 12.0 Å². The lowest BCUT2D eigenvalue weighted by Gasteiger charge is -2.09. The van der Waals surface area contributed by atoms with Crippen molar-refractivity contribution in [3.05, 3.63) is 0 Å². The molecule has 0 aromatic rings. The molecule has 0 bridgehead atoms. The molecule has 1 aliphatic heterocycles. The van der Waals surface area contributed by atoms with Crippen LogP contribution in [0, 0.1) is 5.92 Å². The van der Waals surface area contributed by atoms with Crippen LogP contribution in [0.3, 0.4) is 0 Å². The molecule has 1 unspecified atom stereocenters. The average molecular weight is 156 g/mol. The number of Topliss-reactive ketones (excluding diaryl/α,β-unsaturated/α-hetero) is 1. The molecule has 1 fully saturated rings. The number of carbonyl (C=O) groups is 1. The van der Waals surface area contributed by atoms with Crippen molar-refractivity contribution in [1.82, 2.24) is 0 Å². The molecule has 1 rings (SSSR count). The Labute approximate surface area is 67.9 Å². The van der Waals surface area contributed by atoms with E-state index in [0.717, 1.165) is 19.4 Å². The van der Waals surface area contributed by atoms with Crippen molar-refractivity contribution in [3.8, 4) is 0 Å². The van der Waals surface area contributed by atoms with Gasteiger partial charge in [-0.3, -0.25) is 4.79 Å². The summed E-state index contributed by atoms with van der Waals surface area (Å²) in [6, 6.07) is 0. The average Bonchev–Trinajstić information content (AvgIpc) is 2.39. The van der Waals surface area contributed by atoms with Crippen LogP contribution in [0.25, 0.3) is 0 Å². The van der Waals surface area contributed by atoms with Gasteiger partial charge in [0.15, 0.2) is 0 Å². The van der Waals surface area contributed by atoms with Gasteiger partial charge in [0.25, 0.3) is 0 Å². The van der Waals surface area contributed by atoms with Gasteiger partial charge in [-0.15, -0.1) is 0 Å². The van der Waals surface area contributed by atoms with Gasteiger partial charge in [-0.25, -0.2) is 0 Å². The van der Waals surface area contributed by atoms with Gasteiger partial charge in [-0.2, -0.15) is 0 Å². The Morgan fingerprint density at radius 2 is 2.36 bits per heavy atom. The number of hydrogen-bond donors (Lipinski definition) is 0. The fourth-order valence-corrected chi connectivity index (χ4v) is 1.27. The summed E-state index contributed by atoms with van der Waals surface area (Å²) in [4.78, 5) is 11.2. The topological polar surface area (TPSA) is 26.3 Å². The maximum Gasteiger partial charge on any atom is 0.138 e. The quantitative estimate of drug-likeness (QED) is 0.622. The van der Waals surface area contributed by atoms with Gasteiger partial charge in [0, 0.05) is 18.9 Å². The van der Waals surface area contributed by atoms with Crippen LogP contribution in [0.5, 0.6) is 0 Å². The predicted molar refractivity (Wildman–Crippen MR) is 43.4 cm³/mol. The largest absolute Gasteiger partial charge is 0.378 e. The highest BCUT2D eigenvalue weighted by Gasteiger charge is 2.20. The van der Waals surface area contributed by atoms with Crippen molar-refractivity contribution in [1.29, 1.82) is 0 Å². The molecular formula is C9H16O2. The maximum atomic E-state index is 11.2. The molecule has 1 atom stereocenters. The molecule has 1 heterocycles. The zero-order chi connectivity index (χ0) is 8.27. The minimum Gasteiger partial charge on any atom is -0.378 e. The van der Waals surface area contributed by atoms with Gasteiger partial charge in [0.1, 0.15) is 5.78 Å². The van der Waals surface area contributed by atoms with Crippen LogP contribution in [-0.4, -0.2) is 18.5 Å². The second-order valence-corrected chi connectivity index (χ2v) is 3.46. The van der Waals surface area contributed by atoms with Gasteiger partial charge < -0.3 is 4.74 Å². The molecule has 0 aromatic carbocycles. The lowest BCUT2D eigenvalue weighted by atomic mass is 10.0. The van der Waals surface area contributed by atoms with Gasteiger partial charge >= 0.3 is 0 Å². The molecule has 0 aromatic heterocycles. The van der Waals surface area contributed by atoms with E-state index < -0.39 is 0 Å². The minimum atomic E-state index is 0.166. The predicted octanol–water partition coefficient (Wildman–Crippen LogP) is 1.78. The molecule has 11 heavy (non-hydrogen) atoms. The molecule has 0 aliphatic carbocycles. The van der Waals surface area contributed by atoms with Crippen molar-refractivity contribution in [2.45, 2.75) is 39.2 Å². The van der Waals surface area contributed by atoms with Gasteiger partial charge in [0.05, 0.1) is 6.10 Å². The second-order valence-electron chi connectivity index (χ2n) is 3.46. The molecule has 1 aliphatic rings. The first-order valence-corrected chi connectivity index (χ1v) is 4.34. The first kappa shape index (κ1) is 8.72. The van der Waals surface area contributed by atoms with Crippen molar-refractivity contribution in [3.63, 3.8) is 0 Å². The summed E-state index contributed by atoms with van der Waals surface area (Å²) in [6.45, 7) is 4.73. The van der Waals surface area contributed by atoms with Crippen LogP contribution in [0.1, 0.15) is 33.1 Å². The number of carbonyl (C=O) groups excluding carboxylic acids is 1. The standard InChI is InChI=1S/C9H16O2/c1-7(2)9(10)6-8-4-3-5-11-8/h7-8H,3-6H2,1-2H3. The Balaban J connectivity index is 2.24. The Morgan fingerprint density at radius 3 is 2.82 bits per heavy atom. The first-order chi connectivity index (χ1) is 5.20. The number of rotatable bonds is 3. The third-order valence-electron chi connectivity index (χ3n) is 2.10. The lowest BCUT2D eigenvalue weighted by Crippen LogP contribution is -2.16. The minimum absolute atomic E-state index is 0.166. The molecule has 2 nitrogen and oxygen atoms in total. The third kappa shape index (κ3) is 2.62. The normalized spacial score (nSPS) is 24.5. The van der Waals surface area contributed by atoms with E-state index in [1.54, 1.807) is 0 Å². The zero-order valence-corrected chi connectivity index (χ0v) is 7.30. The summed E-state index contributed by atoms with van der Waals surface area (Å²) in [7, 11) is 0. The summed E-state index contributed by atoms with van der Waals surface area (Å²) < 4.78 is 5.35. The number of ether oxygens (including phenoxy) is 1. The van der Waals surface area contributed by atoms with Crippen LogP contribution in [0.15, 0.2) is 0 Å². The summed E-state index contributed by atoms with van der Waals surface area (Å²) >= 11 is 0. The Bertz CT molecular complexity index is 134. The van der Waals surface area contributed by atoms with Crippen LogP contribution in [0.4, 0.5) is 0 Å². The highest BCUT2D eigenvalue weighted by Crippen LogP contribution is 2.17. The van der Waals surface area contributed by atoms with E-state index in [2.05, 4.69) is 0 Å². The molecule has 1 saturated heterocycles. The van der Waals surface area contributed by atoms with Crippen LogP contribution in [0.2, 0.25) is 0 Å². The van der Waals surface area contributed by atoms with Crippen molar-refractivity contribution in [2.75, 3.05) is 6.61 Å². The summed E-state index contributed by atoms with van der Waals surface area (Å²) in [6.07, 6.45) is 3.04. The lowest BCUT2D eigenvalue weighted by molar-refractivity contribution is -0.124. The molecule has 0 saturated carbocycles. The molecule has 0 amide bonds. The molecule has 0 N–H and O–H groups in total. The Kier molecular flexibility index (Phi) is 3.06. The van der Waals surface area contributed by atoms with E-state index in [9.17, 15) is 4.79 Å². The van der Waals surface area contributed by atoms with Crippen molar-refractivity contribution < 1.29 is 9.53 Å². The molecule has 2 heteroatoms. The van der Waals surface area contributed by atoms with Crippen molar-refractivity contribution in [2.24, 2.45) is 5.92 Å².